The number of nitrogens with one attached hydrogen (secondary N) is 2. The lowest BCUT2D eigenvalue weighted by Crippen LogP contribution is -2.14. The summed E-state index contributed by atoms with van der Waals surface area (Å²) in [5, 5.41) is 3.52. The lowest BCUT2D eigenvalue weighted by atomic mass is 10.1. The van der Waals surface area contributed by atoms with Crippen LogP contribution >= 0.6 is 23.2 Å². The smallest absolute Gasteiger partial charge is 0.255 e. The minimum absolute atomic E-state index is 0.148. The summed E-state index contributed by atoms with van der Waals surface area (Å²) >= 11 is 11.8. The Labute approximate surface area is 144 Å². The van der Waals surface area contributed by atoms with Gasteiger partial charge in [0, 0.05) is 16.3 Å². The molecule has 1 amide bonds. The van der Waals surface area contributed by atoms with Gasteiger partial charge in [0.2, 0.25) is 10.0 Å². The zero-order valence-corrected chi connectivity index (χ0v) is 14.7. The third-order valence-corrected chi connectivity index (χ3v) is 4.12. The van der Waals surface area contributed by atoms with Crippen molar-refractivity contribution in [2.75, 3.05) is 16.3 Å². The second-order valence-corrected chi connectivity index (χ2v) is 7.57. The summed E-state index contributed by atoms with van der Waals surface area (Å²) in [6.45, 7) is 1.82. The van der Waals surface area contributed by atoms with E-state index >= 15 is 0 Å². The van der Waals surface area contributed by atoms with Crippen LogP contribution in [0.1, 0.15) is 15.9 Å². The van der Waals surface area contributed by atoms with Crippen molar-refractivity contribution >= 4 is 50.5 Å². The van der Waals surface area contributed by atoms with E-state index in [0.29, 0.717) is 10.7 Å². The topological polar surface area (TPSA) is 75.3 Å². The average molecular weight is 373 g/mol. The van der Waals surface area contributed by atoms with Gasteiger partial charge >= 0.3 is 0 Å². The molecule has 0 aliphatic heterocycles. The number of benzene rings is 2. The molecule has 0 radical (unpaired) electrons. The third-order valence-electron chi connectivity index (χ3n) is 2.96. The molecule has 0 spiro atoms. The Morgan fingerprint density at radius 3 is 2.35 bits per heavy atom. The van der Waals surface area contributed by atoms with Gasteiger partial charge in [-0.1, -0.05) is 23.2 Å². The maximum atomic E-state index is 12.3. The highest BCUT2D eigenvalue weighted by Gasteiger charge is 2.12. The van der Waals surface area contributed by atoms with Crippen molar-refractivity contribution < 1.29 is 13.2 Å². The number of sulfonamides is 1. The van der Waals surface area contributed by atoms with Crippen LogP contribution in [0, 0.1) is 6.92 Å². The highest BCUT2D eigenvalue weighted by atomic mass is 35.5. The van der Waals surface area contributed by atoms with Crippen LogP contribution in [0.4, 0.5) is 11.4 Å². The van der Waals surface area contributed by atoms with Gasteiger partial charge in [-0.3, -0.25) is 9.52 Å². The van der Waals surface area contributed by atoms with E-state index < -0.39 is 10.0 Å². The fourth-order valence-corrected chi connectivity index (χ4v) is 2.92. The lowest BCUT2D eigenvalue weighted by Gasteiger charge is -2.11. The fraction of sp³-hybridized carbons (Fsp3) is 0.133. The predicted molar refractivity (Wildman–Crippen MR) is 94.1 cm³/mol. The number of aryl methyl sites for hydroxylation is 1. The molecule has 2 aromatic carbocycles. The molecule has 0 saturated carbocycles. The van der Waals surface area contributed by atoms with Crippen molar-refractivity contribution in [3.63, 3.8) is 0 Å². The summed E-state index contributed by atoms with van der Waals surface area (Å²) in [5.74, 6) is -0.386. The van der Waals surface area contributed by atoms with Crippen LogP contribution < -0.4 is 10.0 Å². The molecule has 0 unspecified atom stereocenters. The Hall–Kier alpha value is -1.76. The maximum absolute atomic E-state index is 12.3. The second-order valence-electron chi connectivity index (χ2n) is 4.98. The number of carbonyl (C=O) groups is 1. The number of amides is 1. The van der Waals surface area contributed by atoms with E-state index in [1.54, 1.807) is 18.2 Å². The van der Waals surface area contributed by atoms with Gasteiger partial charge in [0.05, 0.1) is 17.0 Å². The highest BCUT2D eigenvalue weighted by Crippen LogP contribution is 2.25. The molecule has 0 atom stereocenters. The van der Waals surface area contributed by atoms with E-state index in [2.05, 4.69) is 10.0 Å². The summed E-state index contributed by atoms with van der Waals surface area (Å²) in [7, 11) is -3.49. The van der Waals surface area contributed by atoms with Crippen molar-refractivity contribution in [3.05, 3.63) is 57.6 Å². The molecular formula is C15H14Cl2N2O3S. The van der Waals surface area contributed by atoms with E-state index in [9.17, 15) is 13.2 Å². The molecule has 0 aliphatic rings. The molecule has 2 N–H and O–H groups in total. The summed E-state index contributed by atoms with van der Waals surface area (Å²) in [5.41, 5.74) is 1.85. The molecule has 0 aromatic heterocycles. The first kappa shape index (κ1) is 17.6. The molecule has 0 heterocycles. The summed E-state index contributed by atoms with van der Waals surface area (Å²) in [6.07, 6.45) is 1.01. The maximum Gasteiger partial charge on any atom is 0.255 e. The molecule has 0 fully saturated rings. The van der Waals surface area contributed by atoms with E-state index in [4.69, 9.17) is 23.2 Å². The monoisotopic (exact) mass is 372 g/mol. The van der Waals surface area contributed by atoms with Crippen LogP contribution in [0.15, 0.2) is 36.4 Å². The van der Waals surface area contributed by atoms with Gasteiger partial charge in [0.15, 0.2) is 0 Å². The fourth-order valence-electron chi connectivity index (χ4n) is 1.91. The molecule has 2 aromatic rings. The lowest BCUT2D eigenvalue weighted by molar-refractivity contribution is 0.102. The number of hydrogen-bond donors (Lipinski definition) is 2. The summed E-state index contributed by atoms with van der Waals surface area (Å²) in [4.78, 5) is 12.3. The first-order valence-electron chi connectivity index (χ1n) is 6.50. The van der Waals surface area contributed by atoms with Crippen LogP contribution in [-0.4, -0.2) is 20.6 Å². The number of rotatable bonds is 4. The van der Waals surface area contributed by atoms with Crippen LogP contribution in [0.5, 0.6) is 0 Å². The predicted octanol–water partition coefficient (Wildman–Crippen LogP) is 3.93. The molecule has 0 bridgehead atoms. The Morgan fingerprint density at radius 1 is 1.04 bits per heavy atom. The zero-order chi connectivity index (χ0) is 17.2. The van der Waals surface area contributed by atoms with E-state index in [0.717, 1.165) is 11.8 Å². The van der Waals surface area contributed by atoms with E-state index in [-0.39, 0.29) is 22.2 Å². The Bertz CT molecular complexity index is 867. The molecule has 0 aliphatic carbocycles. The zero-order valence-electron chi connectivity index (χ0n) is 12.4. The number of anilines is 2. The van der Waals surface area contributed by atoms with Crippen molar-refractivity contribution in [2.45, 2.75) is 6.92 Å². The normalized spacial score (nSPS) is 11.1. The van der Waals surface area contributed by atoms with Crippen molar-refractivity contribution in [3.8, 4) is 0 Å². The van der Waals surface area contributed by atoms with Crippen molar-refractivity contribution in [2.24, 2.45) is 0 Å². The average Bonchev–Trinajstić information content (AvgIpc) is 2.42. The van der Waals surface area contributed by atoms with Gasteiger partial charge in [0.1, 0.15) is 0 Å². The van der Waals surface area contributed by atoms with Crippen molar-refractivity contribution in [1.82, 2.24) is 0 Å². The SMILES string of the molecule is Cc1cc(Cl)ccc1NC(=O)c1ccc(Cl)c(NS(C)(=O)=O)c1. The number of carbonyl (C=O) groups excluding carboxylic acids is 1. The Morgan fingerprint density at radius 2 is 1.74 bits per heavy atom. The van der Waals surface area contributed by atoms with Gasteiger partial charge in [-0.25, -0.2) is 8.42 Å². The van der Waals surface area contributed by atoms with Crippen LogP contribution in [0.2, 0.25) is 10.0 Å². The first-order valence-corrected chi connectivity index (χ1v) is 9.15. The molecule has 5 nitrogen and oxygen atoms in total. The molecule has 0 saturated heterocycles. The van der Waals surface area contributed by atoms with Gasteiger partial charge in [-0.2, -0.15) is 0 Å². The third kappa shape index (κ3) is 4.86. The van der Waals surface area contributed by atoms with Gasteiger partial charge < -0.3 is 5.32 Å². The number of halogens is 2. The van der Waals surface area contributed by atoms with E-state index in [1.165, 1.54) is 18.2 Å². The van der Waals surface area contributed by atoms with Gasteiger partial charge in [-0.05, 0) is 48.9 Å². The van der Waals surface area contributed by atoms with E-state index in [1.807, 2.05) is 6.92 Å². The van der Waals surface area contributed by atoms with Crippen LogP contribution in [0.3, 0.4) is 0 Å². The first-order chi connectivity index (χ1) is 10.7. The Kier molecular flexibility index (Phi) is 5.19. The molecule has 2 rings (SSSR count). The Balaban J connectivity index is 2.27. The second kappa shape index (κ2) is 6.78. The van der Waals surface area contributed by atoms with Gasteiger partial charge in [-0.15, -0.1) is 0 Å². The van der Waals surface area contributed by atoms with Crippen LogP contribution in [0.25, 0.3) is 0 Å². The quantitative estimate of drug-likeness (QED) is 0.853. The largest absolute Gasteiger partial charge is 0.322 e. The highest BCUT2D eigenvalue weighted by molar-refractivity contribution is 7.92. The van der Waals surface area contributed by atoms with Gasteiger partial charge in [0.25, 0.3) is 5.91 Å². The summed E-state index contributed by atoms with van der Waals surface area (Å²) in [6, 6.07) is 9.44. The molecule has 8 heteroatoms. The number of hydrogen-bond acceptors (Lipinski definition) is 3. The van der Waals surface area contributed by atoms with Crippen molar-refractivity contribution in [1.29, 1.82) is 0 Å². The molecular weight excluding hydrogens is 359 g/mol. The summed E-state index contributed by atoms with van der Waals surface area (Å²) < 4.78 is 24.9. The molecule has 23 heavy (non-hydrogen) atoms. The standard InChI is InChI=1S/C15H14Cl2N2O3S/c1-9-7-11(16)4-6-13(9)18-15(20)10-3-5-12(17)14(8-10)19-23(2,21)22/h3-8,19H,1-2H3,(H,18,20). The minimum atomic E-state index is -3.49. The minimum Gasteiger partial charge on any atom is -0.322 e. The molecule has 122 valence electrons. The van der Waals surface area contributed by atoms with Crippen LogP contribution in [-0.2, 0) is 10.0 Å².